The molecule has 132 valence electrons. The van der Waals surface area contributed by atoms with Gasteiger partial charge in [-0.25, -0.2) is 0 Å². The highest BCUT2D eigenvalue weighted by atomic mass is 16.5. The maximum Gasteiger partial charge on any atom is 0.254 e. The summed E-state index contributed by atoms with van der Waals surface area (Å²) in [5, 5.41) is 6.07. The van der Waals surface area contributed by atoms with Crippen molar-refractivity contribution in [3.8, 4) is 11.4 Å². The number of carbonyl (C=O) groups is 1. The average molecular weight is 356 g/mol. The summed E-state index contributed by atoms with van der Waals surface area (Å²) in [6, 6.07) is 17.5. The molecule has 0 radical (unpaired) electrons. The third-order valence-electron chi connectivity index (χ3n) is 4.90. The molecule has 0 atom stereocenters. The van der Waals surface area contributed by atoms with Crippen molar-refractivity contribution < 1.29 is 9.32 Å². The zero-order valence-electron chi connectivity index (χ0n) is 14.4. The molecule has 0 N–H and O–H groups in total. The van der Waals surface area contributed by atoms with E-state index in [4.69, 9.17) is 4.52 Å². The van der Waals surface area contributed by atoms with Gasteiger partial charge in [-0.05, 0) is 29.0 Å². The van der Waals surface area contributed by atoms with Crippen LogP contribution in [0.15, 0.2) is 71.5 Å². The first-order valence-corrected chi connectivity index (χ1v) is 8.80. The Balaban J connectivity index is 1.32. The molecule has 1 saturated heterocycles. The lowest BCUT2D eigenvalue weighted by atomic mass is 9.97. The van der Waals surface area contributed by atoms with Crippen LogP contribution in [0.2, 0.25) is 0 Å². The molecule has 0 unspecified atom stereocenters. The monoisotopic (exact) mass is 356 g/mol. The van der Waals surface area contributed by atoms with Gasteiger partial charge < -0.3 is 9.42 Å². The maximum absolute atomic E-state index is 12.9. The highest BCUT2D eigenvalue weighted by Gasteiger charge is 2.36. The summed E-state index contributed by atoms with van der Waals surface area (Å²) in [7, 11) is 0. The largest absolute Gasteiger partial charge is 0.339 e. The molecule has 2 aromatic heterocycles. The molecule has 0 spiro atoms. The van der Waals surface area contributed by atoms with Crippen LogP contribution < -0.4 is 0 Å². The second-order valence-corrected chi connectivity index (χ2v) is 6.63. The van der Waals surface area contributed by atoms with Crippen LogP contribution >= 0.6 is 0 Å². The molecule has 6 heteroatoms. The van der Waals surface area contributed by atoms with Gasteiger partial charge in [0, 0.05) is 36.6 Å². The molecule has 0 aliphatic carbocycles. The Morgan fingerprint density at radius 3 is 2.74 bits per heavy atom. The molecule has 1 aliphatic heterocycles. The first kappa shape index (κ1) is 15.7. The van der Waals surface area contributed by atoms with Crippen molar-refractivity contribution in [1.29, 1.82) is 0 Å². The van der Waals surface area contributed by atoms with Gasteiger partial charge in [0.15, 0.2) is 0 Å². The van der Waals surface area contributed by atoms with Gasteiger partial charge in [-0.15, -0.1) is 0 Å². The smallest absolute Gasteiger partial charge is 0.254 e. The number of amides is 1. The predicted molar refractivity (Wildman–Crippen MR) is 100 cm³/mol. The van der Waals surface area contributed by atoms with Gasteiger partial charge in [-0.1, -0.05) is 41.6 Å². The molecule has 0 bridgehead atoms. The van der Waals surface area contributed by atoms with Crippen LogP contribution in [0.1, 0.15) is 22.2 Å². The Morgan fingerprint density at radius 1 is 1.04 bits per heavy atom. The molecule has 6 nitrogen and oxygen atoms in total. The highest BCUT2D eigenvalue weighted by Crippen LogP contribution is 2.30. The fourth-order valence-electron chi connectivity index (χ4n) is 3.40. The number of aromatic nitrogens is 3. The zero-order valence-corrected chi connectivity index (χ0v) is 14.4. The predicted octanol–water partition coefficient (Wildman–Crippen LogP) is 3.52. The van der Waals surface area contributed by atoms with E-state index in [9.17, 15) is 4.79 Å². The quantitative estimate of drug-likeness (QED) is 0.561. The van der Waals surface area contributed by atoms with E-state index in [1.54, 1.807) is 12.4 Å². The van der Waals surface area contributed by atoms with Gasteiger partial charge in [0.2, 0.25) is 11.7 Å². The van der Waals surface area contributed by atoms with E-state index in [0.29, 0.717) is 24.8 Å². The van der Waals surface area contributed by atoms with Crippen molar-refractivity contribution in [3.63, 3.8) is 0 Å². The summed E-state index contributed by atoms with van der Waals surface area (Å²) in [6.45, 7) is 1.16. The first-order valence-electron chi connectivity index (χ1n) is 8.80. The topological polar surface area (TPSA) is 72.1 Å². The zero-order chi connectivity index (χ0) is 18.2. The van der Waals surface area contributed by atoms with E-state index in [1.807, 2.05) is 59.5 Å². The molecular weight excluding hydrogens is 340 g/mol. The van der Waals surface area contributed by atoms with Gasteiger partial charge >= 0.3 is 0 Å². The highest BCUT2D eigenvalue weighted by molar-refractivity contribution is 6.07. The molecule has 5 rings (SSSR count). The Kier molecular flexibility index (Phi) is 3.67. The van der Waals surface area contributed by atoms with Crippen molar-refractivity contribution in [1.82, 2.24) is 20.0 Å². The third-order valence-corrected chi connectivity index (χ3v) is 4.90. The summed E-state index contributed by atoms with van der Waals surface area (Å²) in [4.78, 5) is 23.2. The van der Waals surface area contributed by atoms with Crippen LogP contribution in [0.25, 0.3) is 22.2 Å². The summed E-state index contributed by atoms with van der Waals surface area (Å²) in [6.07, 6.45) is 3.40. The van der Waals surface area contributed by atoms with Crippen molar-refractivity contribution in [2.24, 2.45) is 0 Å². The summed E-state index contributed by atoms with van der Waals surface area (Å²) >= 11 is 0. The van der Waals surface area contributed by atoms with Gasteiger partial charge in [-0.3, -0.25) is 9.78 Å². The van der Waals surface area contributed by atoms with E-state index in [2.05, 4.69) is 15.1 Å². The molecule has 2 aromatic carbocycles. The molecule has 0 saturated carbocycles. The van der Waals surface area contributed by atoms with Gasteiger partial charge in [-0.2, -0.15) is 4.98 Å². The van der Waals surface area contributed by atoms with Gasteiger partial charge in [0.25, 0.3) is 5.91 Å². The number of nitrogens with zero attached hydrogens (tertiary/aromatic N) is 4. The molecule has 3 heterocycles. The Morgan fingerprint density at radius 2 is 1.89 bits per heavy atom. The van der Waals surface area contributed by atoms with Crippen LogP contribution in [0, 0.1) is 0 Å². The van der Waals surface area contributed by atoms with E-state index in [1.165, 1.54) is 0 Å². The minimum Gasteiger partial charge on any atom is -0.339 e. The van der Waals surface area contributed by atoms with Gasteiger partial charge in [0.05, 0.1) is 5.92 Å². The Labute approximate surface area is 155 Å². The van der Waals surface area contributed by atoms with E-state index in [-0.39, 0.29) is 11.8 Å². The normalized spacial score (nSPS) is 14.3. The minimum atomic E-state index is 0.0371. The second kappa shape index (κ2) is 6.32. The number of fused-ring (bicyclic) bond motifs is 1. The Hall–Kier alpha value is -3.54. The number of hydrogen-bond donors (Lipinski definition) is 0. The SMILES string of the molecule is O=C(c1cccc2ccccc12)N1CC(c2nc(-c3cccnc3)no2)C1. The number of likely N-dealkylation sites (tertiary alicyclic amines) is 1. The number of rotatable bonds is 3. The summed E-state index contributed by atoms with van der Waals surface area (Å²) in [5.41, 5.74) is 1.55. The number of pyridine rings is 1. The minimum absolute atomic E-state index is 0.0371. The number of benzene rings is 2. The first-order chi connectivity index (χ1) is 13.3. The van der Waals surface area contributed by atoms with Crippen LogP contribution in [0.5, 0.6) is 0 Å². The molecular formula is C21H16N4O2. The molecule has 27 heavy (non-hydrogen) atoms. The van der Waals surface area contributed by atoms with Crippen molar-refractivity contribution in [2.45, 2.75) is 5.92 Å². The summed E-state index contributed by atoms with van der Waals surface area (Å²) < 4.78 is 5.40. The number of carbonyl (C=O) groups excluding carboxylic acids is 1. The molecule has 1 aliphatic rings. The fourth-order valence-corrected chi connectivity index (χ4v) is 3.40. The van der Waals surface area contributed by atoms with Crippen molar-refractivity contribution in [3.05, 3.63) is 78.4 Å². The van der Waals surface area contributed by atoms with Crippen LogP contribution in [0.4, 0.5) is 0 Å². The molecule has 1 fully saturated rings. The van der Waals surface area contributed by atoms with E-state index in [0.717, 1.165) is 21.9 Å². The van der Waals surface area contributed by atoms with Gasteiger partial charge in [0.1, 0.15) is 0 Å². The lowest BCUT2D eigenvalue weighted by molar-refractivity contribution is 0.0571. The van der Waals surface area contributed by atoms with Crippen LogP contribution in [0.3, 0.4) is 0 Å². The second-order valence-electron chi connectivity index (χ2n) is 6.63. The lowest BCUT2D eigenvalue weighted by Gasteiger charge is -2.37. The maximum atomic E-state index is 12.9. The van der Waals surface area contributed by atoms with Crippen molar-refractivity contribution >= 4 is 16.7 Å². The summed E-state index contributed by atoms with van der Waals surface area (Å²) in [5.74, 6) is 1.20. The van der Waals surface area contributed by atoms with Crippen molar-refractivity contribution in [2.75, 3.05) is 13.1 Å². The Bertz CT molecular complexity index is 1110. The van der Waals surface area contributed by atoms with Crippen LogP contribution in [-0.2, 0) is 0 Å². The third kappa shape index (κ3) is 2.75. The average Bonchev–Trinajstić information content (AvgIpc) is 3.16. The van der Waals surface area contributed by atoms with E-state index >= 15 is 0 Å². The standard InChI is InChI=1S/C21H16N4O2/c26-21(18-9-3-6-14-5-1-2-8-17(14)18)25-12-16(13-25)20-23-19(24-27-20)15-7-4-10-22-11-15/h1-11,16H,12-13H2. The fraction of sp³-hybridized carbons (Fsp3) is 0.143. The van der Waals surface area contributed by atoms with E-state index < -0.39 is 0 Å². The lowest BCUT2D eigenvalue weighted by Crippen LogP contribution is -2.48. The van der Waals surface area contributed by atoms with Crippen LogP contribution in [-0.4, -0.2) is 39.0 Å². The number of hydrogen-bond acceptors (Lipinski definition) is 5. The molecule has 4 aromatic rings. The molecule has 1 amide bonds.